The average Bonchev–Trinajstić information content (AvgIpc) is 3.74. The largest absolute Gasteiger partial charge is 0.357 e. The van der Waals surface area contributed by atoms with Crippen LogP contribution in [0.15, 0.2) is 84.9 Å². The predicted octanol–water partition coefficient (Wildman–Crippen LogP) is 2.45. The Morgan fingerprint density at radius 2 is 1.46 bits per heavy atom. The monoisotopic (exact) mass is 620 g/mol. The van der Waals surface area contributed by atoms with Gasteiger partial charge in [-0.3, -0.25) is 19.2 Å². The molecule has 0 bridgehead atoms. The lowest BCUT2D eigenvalue weighted by atomic mass is 9.96. The number of amides is 4. The molecule has 2 fully saturated rings. The van der Waals surface area contributed by atoms with E-state index >= 15 is 0 Å². The number of carbonyl (C=O) groups is 4. The second-order valence-electron chi connectivity index (χ2n) is 12.2. The lowest BCUT2D eigenvalue weighted by molar-refractivity contribution is -0.147. The highest BCUT2D eigenvalue weighted by atomic mass is 16.2. The van der Waals surface area contributed by atoms with Crippen molar-refractivity contribution in [3.05, 3.63) is 107 Å². The van der Waals surface area contributed by atoms with Gasteiger partial charge in [0.1, 0.15) is 18.1 Å². The fourth-order valence-corrected chi connectivity index (χ4v) is 6.64. The number of nitriles is 1. The van der Waals surface area contributed by atoms with Gasteiger partial charge in [-0.05, 0) is 48.6 Å². The van der Waals surface area contributed by atoms with Gasteiger partial charge in [-0.1, -0.05) is 72.8 Å². The van der Waals surface area contributed by atoms with E-state index in [1.165, 1.54) is 6.92 Å². The first-order valence-corrected chi connectivity index (χ1v) is 15.7. The molecular formula is C36H40N6O4. The number of benzene rings is 3. The van der Waals surface area contributed by atoms with E-state index in [0.717, 1.165) is 11.1 Å². The molecule has 4 N–H and O–H groups in total. The number of likely N-dealkylation sites (N-methyl/N-ethyl adjacent to an activating group) is 1. The van der Waals surface area contributed by atoms with Gasteiger partial charge in [0.15, 0.2) is 0 Å². The highest BCUT2D eigenvalue weighted by Gasteiger charge is 2.48. The highest BCUT2D eigenvalue weighted by molar-refractivity contribution is 5.96. The van der Waals surface area contributed by atoms with E-state index < -0.39 is 36.0 Å². The first-order valence-electron chi connectivity index (χ1n) is 15.7. The number of rotatable bonds is 9. The van der Waals surface area contributed by atoms with Crippen molar-refractivity contribution in [2.75, 3.05) is 20.1 Å². The van der Waals surface area contributed by atoms with E-state index in [1.54, 1.807) is 41.1 Å². The van der Waals surface area contributed by atoms with Crippen LogP contribution >= 0.6 is 0 Å². The van der Waals surface area contributed by atoms with Gasteiger partial charge < -0.3 is 26.2 Å². The Morgan fingerprint density at radius 1 is 0.870 bits per heavy atom. The number of hydrogen-bond donors (Lipinski definition) is 3. The molecule has 2 aliphatic heterocycles. The summed E-state index contributed by atoms with van der Waals surface area (Å²) >= 11 is 0. The van der Waals surface area contributed by atoms with Gasteiger partial charge in [0.2, 0.25) is 23.6 Å². The second-order valence-corrected chi connectivity index (χ2v) is 12.2. The lowest BCUT2D eigenvalue weighted by Gasteiger charge is -2.33. The summed E-state index contributed by atoms with van der Waals surface area (Å²) in [5.41, 5.74) is 9.04. The molecule has 5 rings (SSSR count). The number of nitrogens with two attached hydrogens (primary N) is 1. The molecule has 46 heavy (non-hydrogen) atoms. The van der Waals surface area contributed by atoms with Crippen LogP contribution in [-0.2, 0) is 25.6 Å². The Balaban J connectivity index is 1.49. The zero-order valence-corrected chi connectivity index (χ0v) is 26.1. The summed E-state index contributed by atoms with van der Waals surface area (Å²) in [6, 6.07) is 25.1. The maximum atomic E-state index is 14.6. The quantitative estimate of drug-likeness (QED) is 0.335. The fraction of sp³-hybridized carbons (Fsp3) is 0.361. The molecule has 0 spiro atoms. The maximum absolute atomic E-state index is 14.6. The third kappa shape index (κ3) is 7.11. The van der Waals surface area contributed by atoms with E-state index in [1.807, 2.05) is 60.7 Å². The van der Waals surface area contributed by atoms with Crippen molar-refractivity contribution in [1.82, 2.24) is 20.4 Å². The molecule has 238 valence electrons. The van der Waals surface area contributed by atoms with Gasteiger partial charge in [0.05, 0.1) is 17.7 Å². The van der Waals surface area contributed by atoms with Crippen LogP contribution in [-0.4, -0.2) is 77.7 Å². The molecule has 3 aromatic rings. The van der Waals surface area contributed by atoms with E-state index in [9.17, 15) is 24.4 Å². The van der Waals surface area contributed by atoms with Crippen molar-refractivity contribution in [3.63, 3.8) is 0 Å². The van der Waals surface area contributed by atoms with Crippen LogP contribution in [0.3, 0.4) is 0 Å². The molecule has 10 nitrogen and oxygen atoms in total. The van der Waals surface area contributed by atoms with Crippen LogP contribution in [0.1, 0.15) is 53.9 Å². The molecule has 4 amide bonds. The average molecular weight is 621 g/mol. The molecular weight excluding hydrogens is 580 g/mol. The normalized spacial score (nSPS) is 22.0. The van der Waals surface area contributed by atoms with E-state index in [0.29, 0.717) is 30.5 Å². The molecule has 4 unspecified atom stereocenters. The van der Waals surface area contributed by atoms with Gasteiger partial charge in [0, 0.05) is 38.4 Å². The van der Waals surface area contributed by atoms with Crippen LogP contribution in [0.4, 0.5) is 0 Å². The number of nitrogens with zero attached hydrogens (tertiary/aromatic N) is 3. The first kappa shape index (κ1) is 32.4. The summed E-state index contributed by atoms with van der Waals surface area (Å²) in [6.45, 7) is 2.15. The van der Waals surface area contributed by atoms with Crippen molar-refractivity contribution in [3.8, 4) is 6.07 Å². The molecule has 2 aliphatic rings. The zero-order chi connectivity index (χ0) is 32.8. The summed E-state index contributed by atoms with van der Waals surface area (Å²) < 4.78 is 0. The van der Waals surface area contributed by atoms with Crippen molar-refractivity contribution < 1.29 is 19.2 Å². The molecule has 0 aromatic heterocycles. The summed E-state index contributed by atoms with van der Waals surface area (Å²) in [5.74, 6) is -1.61. The van der Waals surface area contributed by atoms with E-state index in [4.69, 9.17) is 5.73 Å². The number of hydrogen-bond acceptors (Lipinski definition) is 6. The third-order valence-corrected chi connectivity index (χ3v) is 9.07. The van der Waals surface area contributed by atoms with Crippen molar-refractivity contribution in [2.24, 2.45) is 5.73 Å². The minimum Gasteiger partial charge on any atom is -0.357 e. The molecule has 0 aliphatic carbocycles. The van der Waals surface area contributed by atoms with Gasteiger partial charge in [0.25, 0.3) is 0 Å². The summed E-state index contributed by atoms with van der Waals surface area (Å²) in [6.07, 6.45) is 0.959. The Kier molecular flexibility index (Phi) is 10.1. The minimum atomic E-state index is -1.03. The Labute approximate surface area is 269 Å². The Bertz CT molecular complexity index is 1610. The second kappa shape index (κ2) is 14.4. The van der Waals surface area contributed by atoms with Gasteiger partial charge in [-0.25, -0.2) is 0 Å². The van der Waals surface area contributed by atoms with Crippen molar-refractivity contribution in [1.29, 1.82) is 5.26 Å². The minimum absolute atomic E-state index is 0.0339. The van der Waals surface area contributed by atoms with Crippen LogP contribution < -0.4 is 16.4 Å². The third-order valence-electron chi connectivity index (χ3n) is 9.07. The summed E-state index contributed by atoms with van der Waals surface area (Å²) in [4.78, 5) is 58.2. The summed E-state index contributed by atoms with van der Waals surface area (Å²) in [7, 11) is 1.56. The fourth-order valence-electron chi connectivity index (χ4n) is 6.64. The zero-order valence-electron chi connectivity index (χ0n) is 26.1. The number of likely N-dealkylation sites (tertiary alicyclic amines) is 2. The van der Waals surface area contributed by atoms with Crippen molar-refractivity contribution >= 4 is 23.6 Å². The molecule has 3 aromatic carbocycles. The molecule has 2 heterocycles. The molecule has 0 saturated carbocycles. The van der Waals surface area contributed by atoms with Crippen molar-refractivity contribution in [2.45, 2.75) is 62.2 Å². The Morgan fingerprint density at radius 3 is 2.02 bits per heavy atom. The van der Waals surface area contributed by atoms with Crippen LogP contribution in [0, 0.1) is 11.3 Å². The van der Waals surface area contributed by atoms with E-state index in [-0.39, 0.29) is 36.6 Å². The maximum Gasteiger partial charge on any atom is 0.246 e. The molecule has 2 saturated heterocycles. The van der Waals surface area contributed by atoms with Crippen LogP contribution in [0.2, 0.25) is 0 Å². The highest BCUT2D eigenvalue weighted by Crippen LogP contribution is 2.37. The number of nitrogens with one attached hydrogen (secondary N) is 2. The topological polar surface area (TPSA) is 149 Å². The smallest absolute Gasteiger partial charge is 0.246 e. The first-order chi connectivity index (χ1) is 22.2. The summed E-state index contributed by atoms with van der Waals surface area (Å²) in [5, 5.41) is 14.9. The standard InChI is InChI=1S/C36H40N6O4/c1-23(38)33(43)40-30(17-24-10-9-11-25(16-24)20-37)35(45)42-22-29(27-14-7-4-8-15-27)19-32(42)36(46)41-21-28(18-31(41)34(44)39-2)26-12-5-3-6-13-26/h3-16,23,28-32H,17-19,21-22,38H2,1-2H3,(H,39,44)(H,40,43)/t23?,28?,29-,30?,31?,32-/m0/s1. The van der Waals surface area contributed by atoms with Crippen LogP contribution in [0.5, 0.6) is 0 Å². The predicted molar refractivity (Wildman–Crippen MR) is 173 cm³/mol. The van der Waals surface area contributed by atoms with Crippen LogP contribution in [0.25, 0.3) is 0 Å². The van der Waals surface area contributed by atoms with E-state index in [2.05, 4.69) is 16.7 Å². The Hall–Kier alpha value is -5.01. The molecule has 0 radical (unpaired) electrons. The number of carbonyl (C=O) groups excluding carboxylic acids is 4. The van der Waals surface area contributed by atoms with Gasteiger partial charge in [-0.15, -0.1) is 0 Å². The molecule has 6 atom stereocenters. The van der Waals surface area contributed by atoms with Gasteiger partial charge in [-0.2, -0.15) is 5.26 Å². The molecule has 10 heteroatoms. The lowest BCUT2D eigenvalue weighted by Crippen LogP contribution is -2.57. The van der Waals surface area contributed by atoms with Gasteiger partial charge >= 0.3 is 0 Å². The SMILES string of the molecule is CNC(=O)C1CC(c2ccccc2)CN1C(=O)[C@@H]1C[C@H](c2ccccc2)CN1C(=O)C(Cc1cccc(C#N)c1)NC(=O)C(C)N.